The largest absolute Gasteiger partial charge is 0.355 e. The minimum Gasteiger partial charge on any atom is -0.355 e. The van der Waals surface area contributed by atoms with Crippen molar-refractivity contribution in [2.24, 2.45) is 5.92 Å². The molecule has 3 aromatic rings. The molecule has 1 saturated carbocycles. The summed E-state index contributed by atoms with van der Waals surface area (Å²) in [5.41, 5.74) is 3.78. The number of rotatable bonds is 4. The van der Waals surface area contributed by atoms with E-state index in [1.165, 1.54) is 12.8 Å². The van der Waals surface area contributed by atoms with Crippen LogP contribution >= 0.6 is 0 Å². The molecule has 2 fully saturated rings. The van der Waals surface area contributed by atoms with Crippen molar-refractivity contribution in [1.29, 1.82) is 0 Å². The number of carbonyl (C=O) groups excluding carboxylic acids is 1. The fourth-order valence-electron chi connectivity index (χ4n) is 4.12. The molecule has 29 heavy (non-hydrogen) atoms. The van der Waals surface area contributed by atoms with Crippen molar-refractivity contribution >= 4 is 28.3 Å². The second-order valence-electron chi connectivity index (χ2n) is 8.17. The van der Waals surface area contributed by atoms with Crippen LogP contribution in [0.1, 0.15) is 43.0 Å². The molecule has 5 rings (SSSR count). The third kappa shape index (κ3) is 3.79. The topological polar surface area (TPSA) is 71.0 Å². The van der Waals surface area contributed by atoms with Gasteiger partial charge in [0.2, 0.25) is 5.91 Å². The quantitative estimate of drug-likeness (QED) is 0.731. The third-order valence-electron chi connectivity index (χ3n) is 5.96. The van der Waals surface area contributed by atoms with Gasteiger partial charge < -0.3 is 10.2 Å². The van der Waals surface area contributed by atoms with Crippen molar-refractivity contribution in [3.05, 3.63) is 53.9 Å². The summed E-state index contributed by atoms with van der Waals surface area (Å²) in [5, 5.41) is 12.9. The number of hydrogen-bond donors (Lipinski definition) is 1. The van der Waals surface area contributed by atoms with E-state index in [1.54, 1.807) is 0 Å². The van der Waals surface area contributed by atoms with Crippen LogP contribution in [-0.4, -0.2) is 34.2 Å². The van der Waals surface area contributed by atoms with Crippen LogP contribution in [0.3, 0.4) is 0 Å². The highest BCUT2D eigenvalue weighted by molar-refractivity contribution is 6.01. The highest BCUT2D eigenvalue weighted by atomic mass is 16.1. The molecule has 6 heteroatoms. The first-order valence-corrected chi connectivity index (χ1v) is 10.4. The number of aryl methyl sites for hydroxylation is 1. The van der Waals surface area contributed by atoms with Gasteiger partial charge in [0.15, 0.2) is 5.82 Å². The lowest BCUT2D eigenvalue weighted by Gasteiger charge is -2.32. The maximum Gasteiger partial charge on any atom is 0.227 e. The summed E-state index contributed by atoms with van der Waals surface area (Å²) in [6.07, 6.45) is 4.11. The van der Waals surface area contributed by atoms with Crippen LogP contribution in [0.25, 0.3) is 10.9 Å². The van der Waals surface area contributed by atoms with E-state index in [2.05, 4.69) is 37.5 Å². The van der Waals surface area contributed by atoms with Gasteiger partial charge in [0.25, 0.3) is 0 Å². The number of nitrogens with one attached hydrogen (secondary N) is 1. The van der Waals surface area contributed by atoms with E-state index in [9.17, 15) is 4.79 Å². The Bertz CT molecular complexity index is 1040. The van der Waals surface area contributed by atoms with E-state index >= 15 is 0 Å². The molecule has 2 aliphatic rings. The number of amides is 1. The normalized spacial score (nSPS) is 17.5. The molecule has 2 aromatic heterocycles. The molecule has 0 unspecified atom stereocenters. The zero-order valence-corrected chi connectivity index (χ0v) is 16.6. The SMILES string of the molecule is Cc1cc(NC(=O)C2CCN(c3ccc(C4CC4)nn3)CC2)c2ccccc2n1. The van der Waals surface area contributed by atoms with E-state index in [-0.39, 0.29) is 11.8 Å². The van der Waals surface area contributed by atoms with Gasteiger partial charge >= 0.3 is 0 Å². The molecule has 3 heterocycles. The molecule has 1 aliphatic carbocycles. The van der Waals surface area contributed by atoms with Crippen molar-refractivity contribution < 1.29 is 4.79 Å². The Morgan fingerprint density at radius 1 is 1.03 bits per heavy atom. The molecule has 0 atom stereocenters. The summed E-state index contributed by atoms with van der Waals surface area (Å²) >= 11 is 0. The Morgan fingerprint density at radius 2 is 1.83 bits per heavy atom. The van der Waals surface area contributed by atoms with Crippen LogP contribution in [-0.2, 0) is 4.79 Å². The number of aromatic nitrogens is 3. The fourth-order valence-corrected chi connectivity index (χ4v) is 4.12. The number of piperidine rings is 1. The van der Waals surface area contributed by atoms with Crippen LogP contribution < -0.4 is 10.2 Å². The first-order valence-electron chi connectivity index (χ1n) is 10.4. The number of fused-ring (bicyclic) bond motifs is 1. The van der Waals surface area contributed by atoms with Crippen molar-refractivity contribution in [2.75, 3.05) is 23.3 Å². The van der Waals surface area contributed by atoms with Crippen LogP contribution in [0.5, 0.6) is 0 Å². The molecule has 0 bridgehead atoms. The Hall–Kier alpha value is -3.02. The maximum absolute atomic E-state index is 12.9. The van der Waals surface area contributed by atoms with Gasteiger partial charge in [-0.1, -0.05) is 18.2 Å². The molecule has 0 spiro atoms. The van der Waals surface area contributed by atoms with Crippen molar-refractivity contribution in [1.82, 2.24) is 15.2 Å². The lowest BCUT2D eigenvalue weighted by atomic mass is 9.95. The molecule has 0 radical (unpaired) electrons. The standard InChI is InChI=1S/C23H25N5O/c1-15-14-21(18-4-2-3-5-20(18)24-15)25-23(29)17-10-12-28(13-11-17)22-9-8-19(26-27-22)16-6-7-16/h2-5,8-9,14,16-17H,6-7,10-13H2,1H3,(H,24,25,29). The molecule has 1 aromatic carbocycles. The highest BCUT2D eigenvalue weighted by Crippen LogP contribution is 2.38. The van der Waals surface area contributed by atoms with Gasteiger partial charge in [0.05, 0.1) is 16.9 Å². The number of nitrogens with zero attached hydrogens (tertiary/aromatic N) is 4. The van der Waals surface area contributed by atoms with Gasteiger partial charge in [-0.05, 0) is 56.9 Å². The number of benzene rings is 1. The number of hydrogen-bond acceptors (Lipinski definition) is 5. The fraction of sp³-hybridized carbons (Fsp3) is 0.391. The van der Waals surface area contributed by atoms with Crippen LogP contribution in [0, 0.1) is 12.8 Å². The molecule has 148 valence electrons. The molecule has 1 N–H and O–H groups in total. The summed E-state index contributed by atoms with van der Waals surface area (Å²) in [6.45, 7) is 3.60. The van der Waals surface area contributed by atoms with Crippen molar-refractivity contribution in [3.8, 4) is 0 Å². The summed E-state index contributed by atoms with van der Waals surface area (Å²) in [4.78, 5) is 19.7. The minimum atomic E-state index is 0.0113. The second kappa shape index (κ2) is 7.43. The molecule has 1 aliphatic heterocycles. The van der Waals surface area contributed by atoms with Gasteiger partial charge in [-0.15, -0.1) is 5.10 Å². The lowest BCUT2D eigenvalue weighted by Crippen LogP contribution is -2.38. The molecular formula is C23H25N5O. The lowest BCUT2D eigenvalue weighted by molar-refractivity contribution is -0.120. The monoisotopic (exact) mass is 387 g/mol. The zero-order chi connectivity index (χ0) is 19.8. The number of para-hydroxylation sites is 1. The predicted octanol–water partition coefficient (Wildman–Crippen LogP) is 4.07. The number of pyridine rings is 1. The average Bonchev–Trinajstić information content (AvgIpc) is 3.59. The van der Waals surface area contributed by atoms with Gasteiger partial charge in [-0.2, -0.15) is 5.10 Å². The minimum absolute atomic E-state index is 0.0113. The molecular weight excluding hydrogens is 362 g/mol. The average molecular weight is 387 g/mol. The number of carbonyl (C=O) groups is 1. The zero-order valence-electron chi connectivity index (χ0n) is 16.6. The molecule has 6 nitrogen and oxygen atoms in total. The summed E-state index contributed by atoms with van der Waals surface area (Å²) in [5.74, 6) is 1.65. The maximum atomic E-state index is 12.9. The Balaban J connectivity index is 1.23. The molecule has 1 saturated heterocycles. The summed E-state index contributed by atoms with van der Waals surface area (Å²) in [7, 11) is 0. The first-order chi connectivity index (χ1) is 14.2. The summed E-state index contributed by atoms with van der Waals surface area (Å²) in [6, 6.07) is 14.1. The van der Waals surface area contributed by atoms with Gasteiger partial charge in [-0.3, -0.25) is 9.78 Å². The van der Waals surface area contributed by atoms with E-state index in [0.717, 1.165) is 59.7 Å². The predicted molar refractivity (Wildman–Crippen MR) is 114 cm³/mol. The Labute approximate surface area is 170 Å². The third-order valence-corrected chi connectivity index (χ3v) is 5.96. The van der Waals surface area contributed by atoms with Crippen molar-refractivity contribution in [3.63, 3.8) is 0 Å². The highest BCUT2D eigenvalue weighted by Gasteiger charge is 2.28. The van der Waals surface area contributed by atoms with Crippen LogP contribution in [0.15, 0.2) is 42.5 Å². The summed E-state index contributed by atoms with van der Waals surface area (Å²) < 4.78 is 0. The first kappa shape index (κ1) is 18.0. The van der Waals surface area contributed by atoms with E-state index in [0.29, 0.717) is 5.92 Å². The van der Waals surface area contributed by atoms with Crippen molar-refractivity contribution in [2.45, 2.75) is 38.5 Å². The Morgan fingerprint density at radius 3 is 2.55 bits per heavy atom. The number of anilines is 2. The second-order valence-corrected chi connectivity index (χ2v) is 8.17. The van der Waals surface area contributed by atoms with Crippen LogP contribution in [0.2, 0.25) is 0 Å². The molecule has 1 amide bonds. The smallest absolute Gasteiger partial charge is 0.227 e. The van der Waals surface area contributed by atoms with Gasteiger partial charge in [0.1, 0.15) is 0 Å². The van der Waals surface area contributed by atoms with E-state index in [4.69, 9.17) is 0 Å². The van der Waals surface area contributed by atoms with E-state index in [1.807, 2.05) is 37.3 Å². The van der Waals surface area contributed by atoms with Gasteiger partial charge in [0, 0.05) is 36.0 Å². The van der Waals surface area contributed by atoms with Gasteiger partial charge in [-0.25, -0.2) is 0 Å². The van der Waals surface area contributed by atoms with Crippen LogP contribution in [0.4, 0.5) is 11.5 Å². The van der Waals surface area contributed by atoms with E-state index < -0.39 is 0 Å². The Kier molecular flexibility index (Phi) is 4.62.